The van der Waals surface area contributed by atoms with Gasteiger partial charge in [-0.15, -0.1) is 0 Å². The van der Waals surface area contributed by atoms with E-state index in [4.69, 9.17) is 30.5 Å². The summed E-state index contributed by atoms with van der Waals surface area (Å²) in [6, 6.07) is 12.5. The molecule has 30 heavy (non-hydrogen) atoms. The molecular weight excluding hydrogens is 410 g/mol. The van der Waals surface area contributed by atoms with Gasteiger partial charge in [0.2, 0.25) is 6.79 Å². The number of nitrogens with zero attached hydrogens (tertiary/aromatic N) is 2. The lowest BCUT2D eigenvalue weighted by molar-refractivity contribution is -0.00127. The molecule has 0 aliphatic carbocycles. The summed E-state index contributed by atoms with van der Waals surface area (Å²) in [5.41, 5.74) is 2.68. The Morgan fingerprint density at radius 1 is 1.20 bits per heavy atom. The van der Waals surface area contributed by atoms with Gasteiger partial charge in [0.15, 0.2) is 17.2 Å². The van der Waals surface area contributed by atoms with Gasteiger partial charge in [-0.25, -0.2) is 0 Å². The lowest BCUT2D eigenvalue weighted by Gasteiger charge is -2.24. The average molecular weight is 428 g/mol. The second-order valence-corrected chi connectivity index (χ2v) is 7.33. The van der Waals surface area contributed by atoms with Gasteiger partial charge >= 0.3 is 0 Å². The number of hydrogen-bond acceptors (Lipinski definition) is 6. The number of anilines is 1. The molecule has 0 saturated heterocycles. The summed E-state index contributed by atoms with van der Waals surface area (Å²) in [4.78, 5) is 12.6. The molecule has 8 nitrogen and oxygen atoms in total. The average Bonchev–Trinajstić information content (AvgIpc) is 3.39. The number of halogens is 1. The Balaban J connectivity index is 1.31. The minimum atomic E-state index is -0.322. The molecule has 5 rings (SSSR count). The Morgan fingerprint density at radius 2 is 2.07 bits per heavy atom. The zero-order valence-corrected chi connectivity index (χ0v) is 16.8. The van der Waals surface area contributed by atoms with Crippen LogP contribution in [0.3, 0.4) is 0 Å². The fraction of sp³-hybridized carbons (Fsp3) is 0.238. The smallest absolute Gasteiger partial charge is 0.276 e. The van der Waals surface area contributed by atoms with Gasteiger partial charge in [0.05, 0.1) is 31.0 Å². The van der Waals surface area contributed by atoms with E-state index in [0.29, 0.717) is 41.1 Å². The van der Waals surface area contributed by atoms with Crippen molar-refractivity contribution in [3.8, 4) is 17.2 Å². The van der Waals surface area contributed by atoms with Crippen molar-refractivity contribution in [2.24, 2.45) is 0 Å². The van der Waals surface area contributed by atoms with Gasteiger partial charge in [0, 0.05) is 5.69 Å². The van der Waals surface area contributed by atoms with E-state index in [-0.39, 0.29) is 18.8 Å². The van der Waals surface area contributed by atoms with E-state index in [1.54, 1.807) is 28.9 Å². The Morgan fingerprint density at radius 3 is 2.90 bits per heavy atom. The summed E-state index contributed by atoms with van der Waals surface area (Å²) in [7, 11) is 1.54. The molecule has 0 fully saturated rings. The zero-order chi connectivity index (χ0) is 20.7. The molecule has 3 aromatic rings. The Bertz CT molecular complexity index is 1130. The first-order valence-corrected chi connectivity index (χ1v) is 9.71. The fourth-order valence-corrected chi connectivity index (χ4v) is 3.75. The van der Waals surface area contributed by atoms with Crippen LogP contribution < -0.4 is 19.5 Å². The number of rotatable bonds is 4. The van der Waals surface area contributed by atoms with Crippen molar-refractivity contribution >= 4 is 23.2 Å². The number of benzene rings is 2. The van der Waals surface area contributed by atoms with E-state index < -0.39 is 0 Å². The normalized spacial score (nSPS) is 16.8. The zero-order valence-electron chi connectivity index (χ0n) is 16.1. The molecule has 3 heterocycles. The number of ether oxygens (including phenoxy) is 4. The van der Waals surface area contributed by atoms with Crippen LogP contribution in [-0.4, -0.2) is 29.6 Å². The summed E-state index contributed by atoms with van der Waals surface area (Å²) in [5, 5.41) is 7.68. The number of carbonyl (C=O) groups excluding carboxylic acids is 1. The van der Waals surface area contributed by atoms with Crippen LogP contribution in [0.4, 0.5) is 5.69 Å². The molecule has 0 bridgehead atoms. The predicted octanol–water partition coefficient (Wildman–Crippen LogP) is 3.80. The molecule has 1 N–H and O–H groups in total. The lowest BCUT2D eigenvalue weighted by Crippen LogP contribution is -2.22. The van der Waals surface area contributed by atoms with Crippen LogP contribution in [0.1, 0.15) is 27.8 Å². The van der Waals surface area contributed by atoms with Gasteiger partial charge in [0.25, 0.3) is 5.91 Å². The molecule has 2 aromatic carbocycles. The molecule has 9 heteroatoms. The minimum Gasteiger partial charge on any atom is -0.495 e. The summed E-state index contributed by atoms with van der Waals surface area (Å²) in [6.45, 7) is 1.08. The molecule has 0 saturated carbocycles. The first-order valence-electron chi connectivity index (χ1n) is 9.33. The number of amides is 1. The summed E-state index contributed by atoms with van der Waals surface area (Å²) < 4.78 is 23.7. The third-order valence-electron chi connectivity index (χ3n) is 5.05. The highest BCUT2D eigenvalue weighted by atomic mass is 35.5. The molecule has 154 valence electrons. The van der Waals surface area contributed by atoms with Crippen molar-refractivity contribution in [1.82, 2.24) is 9.78 Å². The van der Waals surface area contributed by atoms with Crippen LogP contribution in [0.25, 0.3) is 0 Å². The number of carbonyl (C=O) groups is 1. The Labute approximate surface area is 177 Å². The molecule has 0 unspecified atom stereocenters. The van der Waals surface area contributed by atoms with E-state index in [1.807, 2.05) is 18.2 Å². The van der Waals surface area contributed by atoms with Crippen molar-refractivity contribution < 1.29 is 23.7 Å². The van der Waals surface area contributed by atoms with E-state index >= 15 is 0 Å². The highest BCUT2D eigenvalue weighted by Crippen LogP contribution is 2.36. The van der Waals surface area contributed by atoms with Crippen molar-refractivity contribution in [2.75, 3.05) is 19.2 Å². The number of fused-ring (bicyclic) bond motifs is 2. The van der Waals surface area contributed by atoms with Crippen LogP contribution in [0.2, 0.25) is 5.02 Å². The highest BCUT2D eigenvalue weighted by molar-refractivity contribution is 6.32. The SMILES string of the molecule is COc1ccc(NC(=O)c2cc3n(n2)C[C@@H](c2ccc4c(c2)OCO4)OC3)cc1Cl. The molecule has 0 spiro atoms. The highest BCUT2D eigenvalue weighted by Gasteiger charge is 2.26. The first-order chi connectivity index (χ1) is 14.6. The monoisotopic (exact) mass is 427 g/mol. The van der Waals surface area contributed by atoms with Gasteiger partial charge in [-0.1, -0.05) is 17.7 Å². The predicted molar refractivity (Wildman–Crippen MR) is 108 cm³/mol. The Hall–Kier alpha value is -3.23. The summed E-state index contributed by atoms with van der Waals surface area (Å²) >= 11 is 6.12. The Kier molecular flexibility index (Phi) is 4.72. The van der Waals surface area contributed by atoms with Crippen molar-refractivity contribution in [1.29, 1.82) is 0 Å². The van der Waals surface area contributed by atoms with Crippen LogP contribution in [0.15, 0.2) is 42.5 Å². The van der Waals surface area contributed by atoms with Gasteiger partial charge < -0.3 is 24.3 Å². The number of methoxy groups -OCH3 is 1. The molecule has 1 amide bonds. The number of aromatic nitrogens is 2. The molecule has 1 atom stereocenters. The number of hydrogen-bond donors (Lipinski definition) is 1. The lowest BCUT2D eigenvalue weighted by atomic mass is 10.1. The maximum Gasteiger partial charge on any atom is 0.276 e. The van der Waals surface area contributed by atoms with Gasteiger partial charge in [-0.05, 0) is 42.0 Å². The van der Waals surface area contributed by atoms with Gasteiger partial charge in [-0.2, -0.15) is 5.10 Å². The van der Waals surface area contributed by atoms with E-state index in [9.17, 15) is 4.79 Å². The van der Waals surface area contributed by atoms with Crippen LogP contribution in [0.5, 0.6) is 17.2 Å². The molecular formula is C21H18ClN3O5. The molecule has 0 radical (unpaired) electrons. The second kappa shape index (κ2) is 7.55. The largest absolute Gasteiger partial charge is 0.495 e. The van der Waals surface area contributed by atoms with Crippen LogP contribution in [0, 0.1) is 0 Å². The summed E-state index contributed by atoms with van der Waals surface area (Å²) in [5.74, 6) is 1.66. The van der Waals surface area contributed by atoms with Crippen LogP contribution >= 0.6 is 11.6 Å². The second-order valence-electron chi connectivity index (χ2n) is 6.92. The molecule has 2 aliphatic rings. The minimum absolute atomic E-state index is 0.191. The van der Waals surface area contributed by atoms with Crippen LogP contribution in [-0.2, 0) is 17.9 Å². The van der Waals surface area contributed by atoms with Crippen molar-refractivity contribution in [3.05, 3.63) is 64.4 Å². The van der Waals surface area contributed by atoms with Gasteiger partial charge in [0.1, 0.15) is 11.9 Å². The van der Waals surface area contributed by atoms with Crippen molar-refractivity contribution in [2.45, 2.75) is 19.3 Å². The topological polar surface area (TPSA) is 83.8 Å². The third-order valence-corrected chi connectivity index (χ3v) is 5.34. The van der Waals surface area contributed by atoms with Crippen molar-refractivity contribution in [3.63, 3.8) is 0 Å². The molecule has 1 aromatic heterocycles. The fourth-order valence-electron chi connectivity index (χ4n) is 3.49. The van der Waals surface area contributed by atoms with E-state index in [1.165, 1.54) is 7.11 Å². The summed E-state index contributed by atoms with van der Waals surface area (Å²) in [6.07, 6.45) is -0.191. The maximum absolute atomic E-state index is 12.6. The van der Waals surface area contributed by atoms with E-state index in [0.717, 1.165) is 17.0 Å². The maximum atomic E-state index is 12.6. The number of nitrogens with one attached hydrogen (secondary N) is 1. The van der Waals surface area contributed by atoms with Gasteiger partial charge in [-0.3, -0.25) is 9.48 Å². The quantitative estimate of drug-likeness (QED) is 0.681. The third kappa shape index (κ3) is 3.44. The molecule has 2 aliphatic heterocycles. The van der Waals surface area contributed by atoms with E-state index in [2.05, 4.69) is 10.4 Å². The standard InChI is InChI=1S/C21H18ClN3O5/c1-27-17-5-3-13(7-15(17)22)23-21(26)16-8-14-10-28-20(9-25(14)24-16)12-2-4-18-19(6-12)30-11-29-18/h2-8,20H,9-11H2,1H3,(H,23,26)/t20-/m0/s1. The first kappa shape index (κ1) is 18.8.